The van der Waals surface area contributed by atoms with Crippen LogP contribution >= 0.6 is 0 Å². The van der Waals surface area contributed by atoms with Gasteiger partial charge in [-0.15, -0.1) is 10.2 Å². The topological polar surface area (TPSA) is 61.4 Å². The second-order valence-corrected chi connectivity index (χ2v) is 6.34. The van der Waals surface area contributed by atoms with Gasteiger partial charge in [0.1, 0.15) is 5.82 Å². The third-order valence-electron chi connectivity index (χ3n) is 4.50. The zero-order valence-corrected chi connectivity index (χ0v) is 13.6. The molecule has 1 aliphatic heterocycles. The molecule has 6 heteroatoms. The fraction of sp³-hybridized carbons (Fsp3) is 0.389. The van der Waals surface area contributed by atoms with E-state index in [2.05, 4.69) is 32.5 Å². The van der Waals surface area contributed by atoms with Crippen molar-refractivity contribution < 1.29 is 4.79 Å². The summed E-state index contributed by atoms with van der Waals surface area (Å²) < 4.78 is 0. The van der Waals surface area contributed by atoms with Gasteiger partial charge in [0, 0.05) is 37.9 Å². The van der Waals surface area contributed by atoms with Crippen molar-refractivity contribution in [2.75, 3.05) is 36.4 Å². The minimum Gasteiger partial charge on any atom is -0.368 e. The summed E-state index contributed by atoms with van der Waals surface area (Å²) in [5.41, 5.74) is 1.63. The number of hydrogen-bond acceptors (Lipinski definition) is 5. The highest BCUT2D eigenvalue weighted by molar-refractivity contribution is 5.92. The first-order chi connectivity index (χ1) is 11.8. The SMILES string of the molecule is O=C(c1ccc(NC2CC2)nn1)N1CCN(c2ccccc2)CC1. The summed E-state index contributed by atoms with van der Waals surface area (Å²) in [4.78, 5) is 16.7. The monoisotopic (exact) mass is 323 g/mol. The third kappa shape index (κ3) is 3.32. The van der Waals surface area contributed by atoms with Crippen molar-refractivity contribution in [2.24, 2.45) is 0 Å². The van der Waals surface area contributed by atoms with Crippen LogP contribution in [0.5, 0.6) is 0 Å². The van der Waals surface area contributed by atoms with Crippen LogP contribution in [0.1, 0.15) is 23.3 Å². The molecule has 1 saturated heterocycles. The van der Waals surface area contributed by atoms with Crippen molar-refractivity contribution in [3.8, 4) is 0 Å². The molecule has 2 aliphatic rings. The summed E-state index contributed by atoms with van der Waals surface area (Å²) in [5.74, 6) is 0.719. The minimum atomic E-state index is -0.0341. The van der Waals surface area contributed by atoms with Crippen LogP contribution in [-0.4, -0.2) is 53.2 Å². The molecule has 6 nitrogen and oxygen atoms in total. The van der Waals surface area contributed by atoms with Gasteiger partial charge in [-0.2, -0.15) is 0 Å². The number of para-hydroxylation sites is 1. The molecule has 1 aliphatic carbocycles. The first kappa shape index (κ1) is 14.9. The normalized spacial score (nSPS) is 17.7. The van der Waals surface area contributed by atoms with Crippen LogP contribution in [0.4, 0.5) is 11.5 Å². The summed E-state index contributed by atoms with van der Waals surface area (Å²) in [6, 6.07) is 14.5. The van der Waals surface area contributed by atoms with Crippen molar-refractivity contribution in [3.63, 3.8) is 0 Å². The Morgan fingerprint density at radius 1 is 0.958 bits per heavy atom. The van der Waals surface area contributed by atoms with Crippen LogP contribution in [0, 0.1) is 0 Å². The van der Waals surface area contributed by atoms with E-state index in [1.165, 1.54) is 18.5 Å². The Hall–Kier alpha value is -2.63. The summed E-state index contributed by atoms with van der Waals surface area (Å²) in [7, 11) is 0. The van der Waals surface area contributed by atoms with Crippen LogP contribution in [0.2, 0.25) is 0 Å². The zero-order valence-electron chi connectivity index (χ0n) is 13.6. The Bertz CT molecular complexity index is 691. The lowest BCUT2D eigenvalue weighted by Crippen LogP contribution is -2.49. The molecule has 0 radical (unpaired) electrons. The summed E-state index contributed by atoms with van der Waals surface area (Å²) in [5, 5.41) is 11.5. The average molecular weight is 323 g/mol. The maximum atomic E-state index is 12.6. The highest BCUT2D eigenvalue weighted by Crippen LogP contribution is 2.23. The van der Waals surface area contributed by atoms with E-state index in [9.17, 15) is 4.79 Å². The summed E-state index contributed by atoms with van der Waals surface area (Å²) in [6.07, 6.45) is 2.38. The molecule has 0 unspecified atom stereocenters. The number of piperazine rings is 1. The first-order valence-electron chi connectivity index (χ1n) is 8.49. The molecule has 24 heavy (non-hydrogen) atoms. The molecule has 124 valence electrons. The van der Waals surface area contributed by atoms with Crippen LogP contribution in [-0.2, 0) is 0 Å². The molecule has 4 rings (SSSR count). The number of carbonyl (C=O) groups excluding carboxylic acids is 1. The van der Waals surface area contributed by atoms with Crippen LogP contribution < -0.4 is 10.2 Å². The lowest BCUT2D eigenvalue weighted by Gasteiger charge is -2.35. The highest BCUT2D eigenvalue weighted by atomic mass is 16.2. The number of amides is 1. The van der Waals surface area contributed by atoms with Crippen molar-refractivity contribution in [3.05, 3.63) is 48.2 Å². The number of nitrogens with zero attached hydrogens (tertiary/aromatic N) is 4. The number of benzene rings is 1. The number of carbonyl (C=O) groups is 1. The number of anilines is 2. The fourth-order valence-electron chi connectivity index (χ4n) is 2.93. The van der Waals surface area contributed by atoms with E-state index in [-0.39, 0.29) is 5.91 Å². The Labute approximate surface area is 141 Å². The summed E-state index contributed by atoms with van der Waals surface area (Å²) in [6.45, 7) is 3.09. The second-order valence-electron chi connectivity index (χ2n) is 6.34. The lowest BCUT2D eigenvalue weighted by atomic mass is 10.2. The maximum absolute atomic E-state index is 12.6. The number of hydrogen-bond donors (Lipinski definition) is 1. The Morgan fingerprint density at radius 3 is 2.33 bits per heavy atom. The second kappa shape index (κ2) is 6.47. The van der Waals surface area contributed by atoms with Gasteiger partial charge < -0.3 is 15.1 Å². The van der Waals surface area contributed by atoms with Gasteiger partial charge in [-0.25, -0.2) is 0 Å². The van der Waals surface area contributed by atoms with Gasteiger partial charge >= 0.3 is 0 Å². The fourth-order valence-corrected chi connectivity index (χ4v) is 2.93. The zero-order chi connectivity index (χ0) is 16.4. The molecule has 1 aromatic heterocycles. The molecule has 2 aromatic rings. The van der Waals surface area contributed by atoms with Gasteiger partial charge in [0.2, 0.25) is 0 Å². The van der Waals surface area contributed by atoms with Crippen molar-refractivity contribution in [2.45, 2.75) is 18.9 Å². The molecule has 1 aromatic carbocycles. The van der Waals surface area contributed by atoms with Gasteiger partial charge in [-0.1, -0.05) is 18.2 Å². The minimum absolute atomic E-state index is 0.0341. The molecule has 1 saturated carbocycles. The van der Waals surface area contributed by atoms with Crippen molar-refractivity contribution in [1.82, 2.24) is 15.1 Å². The highest BCUT2D eigenvalue weighted by Gasteiger charge is 2.24. The first-order valence-corrected chi connectivity index (χ1v) is 8.49. The van der Waals surface area contributed by atoms with Crippen LogP contribution in [0.15, 0.2) is 42.5 Å². The van der Waals surface area contributed by atoms with E-state index in [0.717, 1.165) is 18.9 Å². The quantitative estimate of drug-likeness (QED) is 0.933. The van der Waals surface area contributed by atoms with E-state index < -0.39 is 0 Å². The average Bonchev–Trinajstić information content (AvgIpc) is 3.47. The number of aromatic nitrogens is 2. The Kier molecular flexibility index (Phi) is 4.02. The molecule has 0 atom stereocenters. The molecule has 0 spiro atoms. The molecular formula is C18H21N5O. The number of nitrogens with one attached hydrogen (secondary N) is 1. The van der Waals surface area contributed by atoms with E-state index in [4.69, 9.17) is 0 Å². The number of rotatable bonds is 4. The van der Waals surface area contributed by atoms with Crippen LogP contribution in [0.3, 0.4) is 0 Å². The molecule has 1 N–H and O–H groups in total. The molecule has 1 amide bonds. The predicted octanol–water partition coefficient (Wildman–Crippen LogP) is 2.01. The maximum Gasteiger partial charge on any atom is 0.274 e. The van der Waals surface area contributed by atoms with E-state index in [0.29, 0.717) is 24.8 Å². The van der Waals surface area contributed by atoms with Gasteiger partial charge in [0.05, 0.1) is 0 Å². The van der Waals surface area contributed by atoms with E-state index in [1.807, 2.05) is 29.2 Å². The molecule has 2 fully saturated rings. The van der Waals surface area contributed by atoms with Crippen molar-refractivity contribution in [1.29, 1.82) is 0 Å². The smallest absolute Gasteiger partial charge is 0.274 e. The van der Waals surface area contributed by atoms with Crippen LogP contribution in [0.25, 0.3) is 0 Å². The van der Waals surface area contributed by atoms with Gasteiger partial charge in [0.15, 0.2) is 5.69 Å². The van der Waals surface area contributed by atoms with E-state index >= 15 is 0 Å². The standard InChI is InChI=1S/C18H21N5O/c24-18(16-8-9-17(21-20-16)19-14-6-7-14)23-12-10-22(11-13-23)15-4-2-1-3-5-15/h1-5,8-9,14H,6-7,10-13H2,(H,19,21). The van der Waals surface area contributed by atoms with E-state index in [1.54, 1.807) is 6.07 Å². The predicted molar refractivity (Wildman–Crippen MR) is 93.2 cm³/mol. The molecule has 0 bridgehead atoms. The molecular weight excluding hydrogens is 302 g/mol. The molecule has 2 heterocycles. The van der Waals surface area contributed by atoms with Gasteiger partial charge in [-0.3, -0.25) is 4.79 Å². The summed E-state index contributed by atoms with van der Waals surface area (Å²) >= 11 is 0. The van der Waals surface area contributed by atoms with Crippen molar-refractivity contribution >= 4 is 17.4 Å². The van der Waals surface area contributed by atoms with Gasteiger partial charge in [0.25, 0.3) is 5.91 Å². The third-order valence-corrected chi connectivity index (χ3v) is 4.50. The lowest BCUT2D eigenvalue weighted by molar-refractivity contribution is 0.0739. The van der Waals surface area contributed by atoms with Gasteiger partial charge in [-0.05, 0) is 37.1 Å². The Balaban J connectivity index is 1.35. The largest absolute Gasteiger partial charge is 0.368 e. The Morgan fingerprint density at radius 2 is 1.71 bits per heavy atom.